The number of Topliss-reactive ketones (excluding diaryl/α,β-unsaturated/α-hetero) is 1. The highest BCUT2D eigenvalue weighted by atomic mass is 19.1. The predicted octanol–water partition coefficient (Wildman–Crippen LogP) is 2.77. The van der Waals surface area contributed by atoms with Crippen LogP contribution in [0.5, 0.6) is 5.75 Å². The number of halogens is 1. The van der Waals surface area contributed by atoms with Gasteiger partial charge in [-0.15, -0.1) is 0 Å². The summed E-state index contributed by atoms with van der Waals surface area (Å²) in [4.78, 5) is 67.9. The van der Waals surface area contributed by atoms with Crippen LogP contribution >= 0.6 is 0 Å². The second-order valence-corrected chi connectivity index (χ2v) is 11.2. The Hall–Kier alpha value is -5.25. The minimum absolute atomic E-state index is 0.00468. The van der Waals surface area contributed by atoms with Crippen molar-refractivity contribution in [1.29, 1.82) is 5.26 Å². The molecule has 2 heterocycles. The van der Waals surface area contributed by atoms with E-state index < -0.39 is 59.6 Å². The van der Waals surface area contributed by atoms with E-state index in [9.17, 15) is 28.4 Å². The van der Waals surface area contributed by atoms with Crippen molar-refractivity contribution in [2.75, 3.05) is 20.3 Å². The number of aromatic nitrogens is 1. The normalized spacial score (nSPS) is 15.6. The highest BCUT2D eigenvalue weighted by Gasteiger charge is 2.34. The maximum Gasteiger partial charge on any atom is 0.341 e. The van der Waals surface area contributed by atoms with E-state index >= 15 is 0 Å². The van der Waals surface area contributed by atoms with Gasteiger partial charge in [0.1, 0.15) is 23.3 Å². The van der Waals surface area contributed by atoms with Crippen molar-refractivity contribution >= 4 is 40.4 Å². The maximum atomic E-state index is 14.3. The Balaban J connectivity index is 1.49. The third-order valence-corrected chi connectivity index (χ3v) is 7.47. The first-order valence-corrected chi connectivity index (χ1v) is 14.4. The number of nitrogens with zero attached hydrogens (tertiary/aromatic N) is 1. The lowest BCUT2D eigenvalue weighted by Crippen LogP contribution is -2.53. The Morgan fingerprint density at radius 3 is 2.53 bits per heavy atom. The minimum Gasteiger partial charge on any atom is -0.496 e. The lowest BCUT2D eigenvalue weighted by molar-refractivity contribution is -0.131. The van der Waals surface area contributed by atoms with Crippen LogP contribution in [0, 0.1) is 29.0 Å². The highest BCUT2D eigenvalue weighted by Crippen LogP contribution is 2.26. The molecule has 1 aliphatic heterocycles. The van der Waals surface area contributed by atoms with Crippen molar-refractivity contribution in [3.8, 4) is 11.8 Å². The first kappa shape index (κ1) is 32.7. The van der Waals surface area contributed by atoms with Gasteiger partial charge in [-0.05, 0) is 61.6 Å². The second kappa shape index (κ2) is 14.5. The first-order chi connectivity index (χ1) is 21.5. The van der Waals surface area contributed by atoms with Crippen LogP contribution in [0.2, 0.25) is 0 Å². The molecule has 1 fully saturated rings. The maximum absolute atomic E-state index is 14.3. The number of ether oxygens (including phenoxy) is 2. The van der Waals surface area contributed by atoms with E-state index in [1.54, 1.807) is 30.3 Å². The molecule has 4 N–H and O–H groups in total. The fourth-order valence-corrected chi connectivity index (χ4v) is 5.13. The predicted molar refractivity (Wildman–Crippen MR) is 160 cm³/mol. The molecule has 12 nitrogen and oxygen atoms in total. The van der Waals surface area contributed by atoms with Crippen LogP contribution < -0.4 is 20.7 Å². The van der Waals surface area contributed by atoms with E-state index in [2.05, 4.69) is 20.9 Å². The van der Waals surface area contributed by atoms with E-state index in [-0.39, 0.29) is 35.9 Å². The molecule has 0 radical (unpaired) electrons. The molecular weight excluding hydrogens is 585 g/mol. The summed E-state index contributed by atoms with van der Waals surface area (Å²) >= 11 is 0. The monoisotopic (exact) mass is 619 g/mol. The largest absolute Gasteiger partial charge is 0.496 e. The van der Waals surface area contributed by atoms with Gasteiger partial charge in [-0.3, -0.25) is 19.2 Å². The molecule has 1 aliphatic rings. The van der Waals surface area contributed by atoms with Gasteiger partial charge in [-0.1, -0.05) is 19.9 Å². The number of fused-ring (bicyclic) bond motifs is 1. The van der Waals surface area contributed by atoms with E-state index in [4.69, 9.17) is 14.7 Å². The van der Waals surface area contributed by atoms with Crippen LogP contribution in [0.3, 0.4) is 0 Å². The molecule has 236 valence electrons. The molecule has 0 spiro atoms. The van der Waals surface area contributed by atoms with Crippen molar-refractivity contribution in [3.05, 3.63) is 65.1 Å². The molecule has 0 saturated carbocycles. The summed E-state index contributed by atoms with van der Waals surface area (Å²) in [6, 6.07) is 9.57. The molecule has 3 aromatic rings. The molecule has 4 rings (SSSR count). The number of amides is 3. The SMILES string of the molecule is COc1cccc2[nH]c(C(=O)NC(CC(C)C)C(=O)NC(CC3CCNC3=O)C(=O)COC(=O)c3ccc(C#N)cc3F)cc12. The Bertz CT molecular complexity index is 1660. The third kappa shape index (κ3) is 8.03. The topological polar surface area (TPSA) is 179 Å². The summed E-state index contributed by atoms with van der Waals surface area (Å²) in [5, 5.41) is 17.7. The smallest absolute Gasteiger partial charge is 0.341 e. The molecular formula is C32H34FN5O7. The van der Waals surface area contributed by atoms with E-state index in [0.29, 0.717) is 29.6 Å². The number of nitriles is 1. The minimum atomic E-state index is -1.24. The van der Waals surface area contributed by atoms with Gasteiger partial charge in [0.05, 0.1) is 30.3 Å². The van der Waals surface area contributed by atoms with Crippen LogP contribution in [0.15, 0.2) is 42.5 Å². The number of aromatic amines is 1. The van der Waals surface area contributed by atoms with Crippen molar-refractivity contribution < 1.29 is 37.8 Å². The van der Waals surface area contributed by atoms with Crippen molar-refractivity contribution in [3.63, 3.8) is 0 Å². The Kier molecular flexibility index (Phi) is 10.5. The number of esters is 1. The first-order valence-electron chi connectivity index (χ1n) is 14.4. The summed E-state index contributed by atoms with van der Waals surface area (Å²) in [6.45, 7) is 3.34. The molecule has 0 bridgehead atoms. The zero-order valence-electron chi connectivity index (χ0n) is 25.1. The quantitative estimate of drug-likeness (QED) is 0.211. The van der Waals surface area contributed by atoms with Gasteiger partial charge in [-0.25, -0.2) is 9.18 Å². The standard InChI is InChI=1S/C32H34FN5O7/c1-17(2)11-25(38-31(42)26-14-21-23(36-26)5-4-6-28(21)44-3)30(41)37-24(13-19-9-10-35-29(19)40)27(39)16-45-32(43)20-8-7-18(15-34)12-22(20)33/h4-8,12,14,17,19,24-25,36H,9-11,13,16H2,1-3H3,(H,35,40)(H,37,41)(H,38,42). The number of carbonyl (C=O) groups excluding carboxylic acids is 5. The Morgan fingerprint density at radius 1 is 1.11 bits per heavy atom. The van der Waals surface area contributed by atoms with Crippen LogP contribution in [-0.2, 0) is 19.1 Å². The van der Waals surface area contributed by atoms with Crippen molar-refractivity contribution in [1.82, 2.24) is 20.9 Å². The number of carbonyl (C=O) groups is 5. The summed E-state index contributed by atoms with van der Waals surface area (Å²) in [5.74, 6) is -4.36. The van der Waals surface area contributed by atoms with Crippen LogP contribution in [0.1, 0.15) is 59.5 Å². The number of hydrogen-bond acceptors (Lipinski definition) is 8. The molecule has 45 heavy (non-hydrogen) atoms. The van der Waals surface area contributed by atoms with Gasteiger partial charge < -0.3 is 30.4 Å². The van der Waals surface area contributed by atoms with E-state index in [0.717, 1.165) is 12.1 Å². The lowest BCUT2D eigenvalue weighted by Gasteiger charge is -2.25. The number of rotatable bonds is 13. The molecule has 3 unspecified atom stereocenters. The van der Waals surface area contributed by atoms with Crippen molar-refractivity contribution in [2.45, 2.75) is 45.2 Å². The van der Waals surface area contributed by atoms with Crippen LogP contribution in [-0.4, -0.2) is 66.8 Å². The fraction of sp³-hybridized carbons (Fsp3) is 0.375. The summed E-state index contributed by atoms with van der Waals surface area (Å²) in [5.41, 5.74) is 0.408. The zero-order valence-corrected chi connectivity index (χ0v) is 25.1. The molecule has 2 aromatic carbocycles. The third-order valence-electron chi connectivity index (χ3n) is 7.47. The van der Waals surface area contributed by atoms with Crippen LogP contribution in [0.4, 0.5) is 4.39 Å². The number of hydrogen-bond donors (Lipinski definition) is 4. The van der Waals surface area contributed by atoms with Gasteiger partial charge in [-0.2, -0.15) is 5.26 Å². The van der Waals surface area contributed by atoms with E-state index in [1.807, 2.05) is 13.8 Å². The molecule has 13 heteroatoms. The van der Waals surface area contributed by atoms with Crippen molar-refractivity contribution in [2.24, 2.45) is 11.8 Å². The van der Waals surface area contributed by atoms with Gasteiger partial charge in [0, 0.05) is 23.4 Å². The average Bonchev–Trinajstić information content (AvgIpc) is 3.64. The summed E-state index contributed by atoms with van der Waals surface area (Å²) in [7, 11) is 1.52. The van der Waals surface area contributed by atoms with Gasteiger partial charge in [0.25, 0.3) is 5.91 Å². The Labute approximate surface area is 258 Å². The molecule has 1 aromatic heterocycles. The van der Waals surface area contributed by atoms with E-state index in [1.165, 1.54) is 13.2 Å². The average molecular weight is 620 g/mol. The number of ketones is 1. The van der Waals surface area contributed by atoms with Gasteiger partial charge in [0.2, 0.25) is 11.8 Å². The molecule has 0 aliphatic carbocycles. The second-order valence-electron chi connectivity index (χ2n) is 11.2. The molecule has 3 amide bonds. The van der Waals surface area contributed by atoms with Crippen LogP contribution in [0.25, 0.3) is 10.9 Å². The molecule has 1 saturated heterocycles. The number of methoxy groups -OCH3 is 1. The summed E-state index contributed by atoms with van der Waals surface area (Å²) < 4.78 is 24.7. The summed E-state index contributed by atoms with van der Waals surface area (Å²) in [6.07, 6.45) is 0.604. The Morgan fingerprint density at radius 2 is 1.89 bits per heavy atom. The number of nitrogens with one attached hydrogen (secondary N) is 4. The highest BCUT2D eigenvalue weighted by molar-refractivity contribution is 6.02. The number of benzene rings is 2. The lowest BCUT2D eigenvalue weighted by atomic mass is 9.95. The fourth-order valence-electron chi connectivity index (χ4n) is 5.13. The number of H-pyrrole nitrogens is 1. The van der Waals surface area contributed by atoms with Gasteiger partial charge in [0.15, 0.2) is 12.4 Å². The van der Waals surface area contributed by atoms with Gasteiger partial charge >= 0.3 is 5.97 Å². The molecule has 3 atom stereocenters. The zero-order chi connectivity index (χ0) is 32.7.